The quantitative estimate of drug-likeness (QED) is 0.707. The molecule has 0 aliphatic carbocycles. The molecule has 0 fully saturated rings. The highest BCUT2D eigenvalue weighted by atomic mass is 16.7. The smallest absolute Gasteiger partial charge is 0.283 e. The molecule has 0 aliphatic heterocycles. The molecule has 1 aromatic rings. The molecule has 1 aromatic carbocycles. The Hall–Kier alpha value is -1.99. The summed E-state index contributed by atoms with van der Waals surface area (Å²) in [5.41, 5.74) is 6.26. The van der Waals surface area contributed by atoms with Crippen LogP contribution in [-0.2, 0) is 9.63 Å². The van der Waals surface area contributed by atoms with Gasteiger partial charge in [0.05, 0.1) is 19.9 Å². The Morgan fingerprint density at radius 3 is 2.55 bits per heavy atom. The first-order valence-corrected chi connectivity index (χ1v) is 7.17. The molecule has 0 radical (unpaired) electrons. The number of hydrogen-bond donors (Lipinski definition) is 2. The van der Waals surface area contributed by atoms with Crippen LogP contribution >= 0.6 is 0 Å². The monoisotopic (exact) mass is 313 g/mol. The highest BCUT2D eigenvalue weighted by Crippen LogP contribution is 2.28. The number of nitrogens with two attached hydrogens (primary N) is 1. The summed E-state index contributed by atoms with van der Waals surface area (Å²) in [4.78, 5) is 16.3. The molecule has 0 bridgehead atoms. The van der Waals surface area contributed by atoms with Crippen molar-refractivity contribution in [3.63, 3.8) is 0 Å². The highest BCUT2D eigenvalue weighted by Gasteiger charge is 2.10. The SMILES string of the molecule is CC.COc1cc(OCC(=O)N(C)OC)ccc1NCCN. The van der Waals surface area contributed by atoms with Crippen LogP contribution in [0.5, 0.6) is 11.5 Å². The van der Waals surface area contributed by atoms with Crippen LogP contribution in [0.3, 0.4) is 0 Å². The summed E-state index contributed by atoms with van der Waals surface area (Å²) in [5, 5.41) is 4.24. The van der Waals surface area contributed by atoms with E-state index in [1.807, 2.05) is 19.9 Å². The minimum absolute atomic E-state index is 0.108. The number of benzene rings is 1. The van der Waals surface area contributed by atoms with Gasteiger partial charge in [-0.25, -0.2) is 5.06 Å². The van der Waals surface area contributed by atoms with E-state index in [2.05, 4.69) is 5.32 Å². The molecule has 126 valence electrons. The van der Waals surface area contributed by atoms with Gasteiger partial charge in [0.1, 0.15) is 11.5 Å². The van der Waals surface area contributed by atoms with Gasteiger partial charge in [0.15, 0.2) is 6.61 Å². The maximum absolute atomic E-state index is 11.5. The number of nitrogens with one attached hydrogen (secondary N) is 1. The number of nitrogens with zero attached hydrogens (tertiary/aromatic N) is 1. The summed E-state index contributed by atoms with van der Waals surface area (Å²) in [6.07, 6.45) is 0. The van der Waals surface area contributed by atoms with Gasteiger partial charge in [-0.3, -0.25) is 9.63 Å². The zero-order valence-electron chi connectivity index (χ0n) is 14.0. The van der Waals surface area contributed by atoms with Crippen LogP contribution < -0.4 is 20.5 Å². The Morgan fingerprint density at radius 1 is 1.32 bits per heavy atom. The third-order valence-electron chi connectivity index (χ3n) is 2.62. The molecule has 0 atom stereocenters. The first kappa shape index (κ1) is 20.0. The molecule has 0 unspecified atom stereocenters. The Morgan fingerprint density at radius 2 is 2.00 bits per heavy atom. The lowest BCUT2D eigenvalue weighted by Gasteiger charge is -2.15. The number of hydroxylamine groups is 2. The Kier molecular flexibility index (Phi) is 10.6. The van der Waals surface area contributed by atoms with Crippen molar-refractivity contribution in [1.29, 1.82) is 0 Å². The molecule has 0 spiro atoms. The van der Waals surface area contributed by atoms with Crippen LogP contribution in [0.1, 0.15) is 13.8 Å². The van der Waals surface area contributed by atoms with E-state index in [-0.39, 0.29) is 12.5 Å². The standard InChI is InChI=1S/C13H21N3O4.C2H6/c1-16(19-3)13(17)9-20-10-4-5-11(15-7-6-14)12(8-10)18-2;1-2/h4-5,8,15H,6-7,9,14H2,1-3H3;1-2H3. The largest absolute Gasteiger partial charge is 0.494 e. The van der Waals surface area contributed by atoms with Crippen molar-refractivity contribution in [2.45, 2.75) is 13.8 Å². The number of ether oxygens (including phenoxy) is 2. The average molecular weight is 313 g/mol. The second kappa shape index (κ2) is 11.6. The van der Waals surface area contributed by atoms with Crippen LogP contribution in [0, 0.1) is 0 Å². The summed E-state index contributed by atoms with van der Waals surface area (Å²) < 4.78 is 10.6. The van der Waals surface area contributed by atoms with Crippen molar-refractivity contribution in [1.82, 2.24) is 5.06 Å². The van der Waals surface area contributed by atoms with Gasteiger partial charge in [0.2, 0.25) is 0 Å². The summed E-state index contributed by atoms with van der Waals surface area (Å²) in [5.74, 6) is 0.887. The van der Waals surface area contributed by atoms with E-state index in [9.17, 15) is 4.79 Å². The van der Waals surface area contributed by atoms with Gasteiger partial charge < -0.3 is 20.5 Å². The Balaban J connectivity index is 0.00000211. The summed E-state index contributed by atoms with van der Waals surface area (Å²) in [6.45, 7) is 5.07. The number of rotatable bonds is 8. The lowest BCUT2D eigenvalue weighted by atomic mass is 10.2. The number of carbonyl (C=O) groups is 1. The number of carbonyl (C=O) groups excluding carboxylic acids is 1. The summed E-state index contributed by atoms with van der Waals surface area (Å²) in [7, 11) is 4.50. The molecule has 0 saturated heterocycles. The lowest BCUT2D eigenvalue weighted by Crippen LogP contribution is -2.30. The van der Waals surface area contributed by atoms with Crippen molar-refractivity contribution in [3.8, 4) is 11.5 Å². The molecule has 0 saturated carbocycles. The Bertz CT molecular complexity index is 441. The zero-order chi connectivity index (χ0) is 17.0. The fourth-order valence-electron chi connectivity index (χ4n) is 1.45. The second-order valence-electron chi connectivity index (χ2n) is 3.94. The summed E-state index contributed by atoms with van der Waals surface area (Å²) in [6, 6.07) is 5.27. The maximum Gasteiger partial charge on any atom is 0.283 e. The van der Waals surface area contributed by atoms with Gasteiger partial charge in [-0.15, -0.1) is 0 Å². The minimum Gasteiger partial charge on any atom is -0.494 e. The zero-order valence-corrected chi connectivity index (χ0v) is 14.0. The van der Waals surface area contributed by atoms with Crippen LogP contribution in [0.25, 0.3) is 0 Å². The van der Waals surface area contributed by atoms with Crippen molar-refractivity contribution in [3.05, 3.63) is 18.2 Å². The third-order valence-corrected chi connectivity index (χ3v) is 2.62. The van der Waals surface area contributed by atoms with E-state index < -0.39 is 0 Å². The van der Waals surface area contributed by atoms with E-state index in [1.165, 1.54) is 14.2 Å². The van der Waals surface area contributed by atoms with E-state index in [0.717, 1.165) is 10.8 Å². The normalized spacial score (nSPS) is 9.36. The Labute approximate surface area is 132 Å². The molecule has 0 aliphatic rings. The summed E-state index contributed by atoms with van der Waals surface area (Å²) >= 11 is 0. The third kappa shape index (κ3) is 6.64. The molecule has 0 heterocycles. The molecule has 0 aromatic heterocycles. The first-order chi connectivity index (χ1) is 10.6. The van der Waals surface area contributed by atoms with Crippen molar-refractivity contribution < 1.29 is 19.1 Å². The average Bonchev–Trinajstić information content (AvgIpc) is 2.58. The second-order valence-corrected chi connectivity index (χ2v) is 3.94. The van der Waals surface area contributed by atoms with Gasteiger partial charge in [0.25, 0.3) is 5.91 Å². The number of methoxy groups -OCH3 is 1. The molecular formula is C15H27N3O4. The van der Waals surface area contributed by atoms with Crippen LogP contribution in [0.4, 0.5) is 5.69 Å². The van der Waals surface area contributed by atoms with Gasteiger partial charge in [0, 0.05) is 26.2 Å². The lowest BCUT2D eigenvalue weighted by molar-refractivity contribution is -0.170. The van der Waals surface area contributed by atoms with E-state index in [4.69, 9.17) is 20.0 Å². The molecule has 7 heteroatoms. The van der Waals surface area contributed by atoms with E-state index in [1.54, 1.807) is 19.2 Å². The van der Waals surface area contributed by atoms with E-state index >= 15 is 0 Å². The number of amides is 1. The van der Waals surface area contributed by atoms with Gasteiger partial charge in [-0.1, -0.05) is 13.8 Å². The fraction of sp³-hybridized carbons (Fsp3) is 0.533. The predicted octanol–water partition coefficient (Wildman–Crippen LogP) is 1.49. The van der Waals surface area contributed by atoms with Crippen molar-refractivity contribution in [2.24, 2.45) is 5.73 Å². The van der Waals surface area contributed by atoms with Crippen LogP contribution in [0.2, 0.25) is 0 Å². The highest BCUT2D eigenvalue weighted by molar-refractivity contribution is 5.76. The molecule has 1 rings (SSSR count). The van der Waals surface area contributed by atoms with Crippen molar-refractivity contribution in [2.75, 3.05) is 46.3 Å². The number of hydrogen-bond acceptors (Lipinski definition) is 6. The van der Waals surface area contributed by atoms with Gasteiger partial charge in [-0.2, -0.15) is 0 Å². The van der Waals surface area contributed by atoms with Gasteiger partial charge >= 0.3 is 0 Å². The molecule has 3 N–H and O–H groups in total. The topological polar surface area (TPSA) is 86.0 Å². The van der Waals surface area contributed by atoms with Crippen molar-refractivity contribution >= 4 is 11.6 Å². The molecule has 7 nitrogen and oxygen atoms in total. The van der Waals surface area contributed by atoms with E-state index in [0.29, 0.717) is 24.6 Å². The predicted molar refractivity (Wildman–Crippen MR) is 87.2 cm³/mol. The van der Waals surface area contributed by atoms with Gasteiger partial charge in [-0.05, 0) is 12.1 Å². The first-order valence-electron chi connectivity index (χ1n) is 7.17. The number of likely N-dealkylation sites (N-methyl/N-ethyl adjacent to an activating group) is 1. The number of anilines is 1. The molecular weight excluding hydrogens is 286 g/mol. The molecule has 1 amide bonds. The fourth-order valence-corrected chi connectivity index (χ4v) is 1.45. The van der Waals surface area contributed by atoms with Crippen LogP contribution in [0.15, 0.2) is 18.2 Å². The minimum atomic E-state index is -0.281. The van der Waals surface area contributed by atoms with Crippen LogP contribution in [-0.4, -0.2) is 51.9 Å². The maximum atomic E-state index is 11.5. The molecule has 22 heavy (non-hydrogen) atoms.